The van der Waals surface area contributed by atoms with Gasteiger partial charge in [0.15, 0.2) is 11.5 Å². The Morgan fingerprint density at radius 3 is 2.50 bits per heavy atom. The molecule has 1 fully saturated rings. The van der Waals surface area contributed by atoms with Gasteiger partial charge < -0.3 is 14.2 Å². The zero-order valence-electron chi connectivity index (χ0n) is 10.0. The predicted octanol–water partition coefficient (Wildman–Crippen LogP) is 3.02. The molecule has 0 saturated heterocycles. The fraction of sp³-hybridized carbons (Fsp3) is 0.538. The molecule has 0 aromatic heterocycles. The minimum atomic E-state index is 0.169. The van der Waals surface area contributed by atoms with Crippen LogP contribution in [0.1, 0.15) is 26.7 Å². The van der Waals surface area contributed by atoms with E-state index in [2.05, 4.69) is 0 Å². The molecule has 0 bridgehead atoms. The third kappa shape index (κ3) is 2.81. The first-order valence-electron chi connectivity index (χ1n) is 5.70. The van der Waals surface area contributed by atoms with Crippen LogP contribution in [0.25, 0.3) is 0 Å². The summed E-state index contributed by atoms with van der Waals surface area (Å²) in [6, 6.07) is 5.69. The molecule has 1 aromatic carbocycles. The lowest BCUT2D eigenvalue weighted by atomic mass is 10.3. The van der Waals surface area contributed by atoms with Gasteiger partial charge in [0, 0.05) is 6.07 Å². The van der Waals surface area contributed by atoms with E-state index in [0.717, 1.165) is 30.1 Å². The van der Waals surface area contributed by atoms with E-state index in [1.807, 2.05) is 32.0 Å². The average Bonchev–Trinajstić information content (AvgIpc) is 3.01. The van der Waals surface area contributed by atoms with Crippen molar-refractivity contribution in [3.63, 3.8) is 0 Å². The molecule has 3 nitrogen and oxygen atoms in total. The van der Waals surface area contributed by atoms with Gasteiger partial charge in [-0.05, 0) is 38.8 Å². The zero-order valence-corrected chi connectivity index (χ0v) is 10.0. The van der Waals surface area contributed by atoms with Crippen molar-refractivity contribution in [1.82, 2.24) is 0 Å². The fourth-order valence-electron chi connectivity index (χ4n) is 1.46. The number of benzene rings is 1. The first kappa shape index (κ1) is 11.1. The number of hydrogen-bond donors (Lipinski definition) is 0. The van der Waals surface area contributed by atoms with Crippen molar-refractivity contribution < 1.29 is 14.2 Å². The van der Waals surface area contributed by atoms with Gasteiger partial charge in [-0.1, -0.05) is 0 Å². The lowest BCUT2D eigenvalue weighted by molar-refractivity contribution is 0.237. The van der Waals surface area contributed by atoms with Crippen molar-refractivity contribution in [3.05, 3.63) is 18.2 Å². The molecule has 16 heavy (non-hydrogen) atoms. The van der Waals surface area contributed by atoms with Crippen LogP contribution in [0, 0.1) is 0 Å². The lowest BCUT2D eigenvalue weighted by Gasteiger charge is -2.14. The predicted molar refractivity (Wildman–Crippen MR) is 62.4 cm³/mol. The Balaban J connectivity index is 2.15. The minimum absolute atomic E-state index is 0.169. The van der Waals surface area contributed by atoms with E-state index in [0.29, 0.717) is 6.10 Å². The molecule has 0 N–H and O–H groups in total. The fourth-order valence-corrected chi connectivity index (χ4v) is 1.46. The van der Waals surface area contributed by atoms with Crippen LogP contribution in [0.5, 0.6) is 17.2 Å². The molecular weight excluding hydrogens is 204 g/mol. The van der Waals surface area contributed by atoms with E-state index in [1.54, 1.807) is 7.11 Å². The molecule has 1 saturated carbocycles. The van der Waals surface area contributed by atoms with E-state index in [4.69, 9.17) is 14.2 Å². The quantitative estimate of drug-likeness (QED) is 0.766. The first-order valence-corrected chi connectivity index (χ1v) is 5.70. The van der Waals surface area contributed by atoms with Gasteiger partial charge in [0.25, 0.3) is 0 Å². The second kappa shape index (κ2) is 4.64. The number of rotatable bonds is 5. The smallest absolute Gasteiger partial charge is 0.165 e. The van der Waals surface area contributed by atoms with E-state index >= 15 is 0 Å². The highest BCUT2D eigenvalue weighted by Crippen LogP contribution is 2.36. The van der Waals surface area contributed by atoms with Gasteiger partial charge in [0.2, 0.25) is 0 Å². The number of methoxy groups -OCH3 is 1. The topological polar surface area (TPSA) is 27.7 Å². The van der Waals surface area contributed by atoms with E-state index < -0.39 is 0 Å². The summed E-state index contributed by atoms with van der Waals surface area (Å²) in [7, 11) is 1.65. The Labute approximate surface area is 96.3 Å². The molecular formula is C13H18O3. The van der Waals surface area contributed by atoms with Crippen molar-refractivity contribution in [2.24, 2.45) is 0 Å². The molecule has 2 rings (SSSR count). The van der Waals surface area contributed by atoms with Gasteiger partial charge in [0.05, 0.1) is 19.3 Å². The van der Waals surface area contributed by atoms with Crippen LogP contribution >= 0.6 is 0 Å². The molecule has 0 aliphatic heterocycles. The van der Waals surface area contributed by atoms with Crippen LogP contribution in [0.2, 0.25) is 0 Å². The molecule has 0 radical (unpaired) electrons. The summed E-state index contributed by atoms with van der Waals surface area (Å²) in [6.07, 6.45) is 2.81. The molecule has 0 amide bonds. The summed E-state index contributed by atoms with van der Waals surface area (Å²) in [5.41, 5.74) is 0. The largest absolute Gasteiger partial charge is 0.493 e. The standard InChI is InChI=1S/C13H18O3/c1-9(2)15-11-6-7-12(14-3)13(8-11)16-10-4-5-10/h6-10H,4-5H2,1-3H3. The summed E-state index contributed by atoms with van der Waals surface area (Å²) in [4.78, 5) is 0. The van der Waals surface area contributed by atoms with Crippen LogP contribution in [0.15, 0.2) is 18.2 Å². The minimum Gasteiger partial charge on any atom is -0.493 e. The van der Waals surface area contributed by atoms with Crippen molar-refractivity contribution in [1.29, 1.82) is 0 Å². The summed E-state index contributed by atoms with van der Waals surface area (Å²) in [5, 5.41) is 0. The third-order valence-corrected chi connectivity index (χ3v) is 2.32. The van der Waals surface area contributed by atoms with Gasteiger partial charge in [-0.2, -0.15) is 0 Å². The van der Waals surface area contributed by atoms with Crippen LogP contribution in [0.4, 0.5) is 0 Å². The Kier molecular flexibility index (Phi) is 3.22. The molecule has 0 spiro atoms. The van der Waals surface area contributed by atoms with Crippen LogP contribution in [0.3, 0.4) is 0 Å². The molecule has 3 heteroatoms. The van der Waals surface area contributed by atoms with Gasteiger partial charge in [-0.15, -0.1) is 0 Å². The van der Waals surface area contributed by atoms with E-state index in [-0.39, 0.29) is 6.10 Å². The Bertz CT molecular complexity index is 356. The molecule has 1 aliphatic rings. The SMILES string of the molecule is COc1ccc(OC(C)C)cc1OC1CC1. The Morgan fingerprint density at radius 1 is 1.19 bits per heavy atom. The number of ether oxygens (including phenoxy) is 3. The van der Waals surface area contributed by atoms with Crippen molar-refractivity contribution in [2.75, 3.05) is 7.11 Å². The normalized spacial score (nSPS) is 15.0. The maximum Gasteiger partial charge on any atom is 0.165 e. The highest BCUT2D eigenvalue weighted by Gasteiger charge is 2.25. The molecule has 0 unspecified atom stereocenters. The van der Waals surface area contributed by atoms with E-state index in [1.165, 1.54) is 0 Å². The molecule has 1 aromatic rings. The summed E-state index contributed by atoms with van der Waals surface area (Å²) < 4.78 is 16.6. The van der Waals surface area contributed by atoms with Crippen molar-refractivity contribution >= 4 is 0 Å². The summed E-state index contributed by atoms with van der Waals surface area (Å²) in [5.74, 6) is 2.37. The monoisotopic (exact) mass is 222 g/mol. The highest BCUT2D eigenvalue weighted by molar-refractivity contribution is 5.45. The van der Waals surface area contributed by atoms with Gasteiger partial charge in [-0.25, -0.2) is 0 Å². The molecule has 88 valence electrons. The maximum absolute atomic E-state index is 5.76. The zero-order chi connectivity index (χ0) is 11.5. The number of hydrogen-bond acceptors (Lipinski definition) is 3. The molecule has 0 heterocycles. The van der Waals surface area contributed by atoms with Gasteiger partial charge in [0.1, 0.15) is 5.75 Å². The van der Waals surface area contributed by atoms with Crippen LogP contribution in [-0.2, 0) is 0 Å². The van der Waals surface area contributed by atoms with E-state index in [9.17, 15) is 0 Å². The summed E-state index contributed by atoms with van der Waals surface area (Å²) in [6.45, 7) is 4.01. The second-order valence-corrected chi connectivity index (χ2v) is 4.30. The Hall–Kier alpha value is -1.38. The van der Waals surface area contributed by atoms with Crippen LogP contribution in [-0.4, -0.2) is 19.3 Å². The third-order valence-electron chi connectivity index (χ3n) is 2.32. The van der Waals surface area contributed by atoms with Gasteiger partial charge >= 0.3 is 0 Å². The average molecular weight is 222 g/mol. The molecule has 0 atom stereocenters. The molecule has 1 aliphatic carbocycles. The highest BCUT2D eigenvalue weighted by atomic mass is 16.5. The first-order chi connectivity index (χ1) is 7.69. The van der Waals surface area contributed by atoms with Crippen LogP contribution < -0.4 is 14.2 Å². The van der Waals surface area contributed by atoms with Crippen molar-refractivity contribution in [2.45, 2.75) is 38.9 Å². The lowest BCUT2D eigenvalue weighted by Crippen LogP contribution is -2.06. The maximum atomic E-state index is 5.76. The Morgan fingerprint density at radius 2 is 1.94 bits per heavy atom. The van der Waals surface area contributed by atoms with Gasteiger partial charge in [-0.3, -0.25) is 0 Å². The second-order valence-electron chi connectivity index (χ2n) is 4.30. The van der Waals surface area contributed by atoms with Crippen molar-refractivity contribution in [3.8, 4) is 17.2 Å². The summed E-state index contributed by atoms with van der Waals surface area (Å²) >= 11 is 0.